The molecule has 0 aliphatic carbocycles. The second-order valence-electron chi connectivity index (χ2n) is 5.40. The molecule has 1 unspecified atom stereocenters. The van der Waals surface area contributed by atoms with Gasteiger partial charge in [-0.2, -0.15) is 0 Å². The van der Waals surface area contributed by atoms with Crippen molar-refractivity contribution in [2.24, 2.45) is 5.92 Å². The molecule has 3 heteroatoms. The molecule has 1 heterocycles. The van der Waals surface area contributed by atoms with Gasteiger partial charge in [-0.3, -0.25) is 4.79 Å². The highest BCUT2D eigenvalue weighted by Crippen LogP contribution is 2.16. The average molecular weight is 272 g/mol. The molecular formula is C17H24N2O. The summed E-state index contributed by atoms with van der Waals surface area (Å²) < 4.78 is 0. The van der Waals surface area contributed by atoms with E-state index < -0.39 is 0 Å². The van der Waals surface area contributed by atoms with Crippen molar-refractivity contribution in [2.75, 3.05) is 11.9 Å². The Kier molecular flexibility index (Phi) is 5.22. The number of aromatic nitrogens is 1. The standard InChI is InChI=1S/C17H24N2O/c1-3-5-8-13(4-2)12-18-16-11-14-9-6-7-10-15(14)17(20)19-16/h6-7,9-11,13H,3-5,8,12H2,1-2H3,(H2,18,19,20). The molecule has 0 aliphatic rings. The third-order valence-corrected chi connectivity index (χ3v) is 3.88. The van der Waals surface area contributed by atoms with Crippen LogP contribution in [0.5, 0.6) is 0 Å². The van der Waals surface area contributed by atoms with Gasteiger partial charge >= 0.3 is 0 Å². The van der Waals surface area contributed by atoms with Crippen molar-refractivity contribution in [3.63, 3.8) is 0 Å². The SMILES string of the molecule is CCCCC(CC)CNc1cc2ccccc2c(=O)[nH]1. The van der Waals surface area contributed by atoms with Gasteiger partial charge in [0, 0.05) is 11.9 Å². The summed E-state index contributed by atoms with van der Waals surface area (Å²) >= 11 is 0. The van der Waals surface area contributed by atoms with E-state index in [2.05, 4.69) is 24.1 Å². The van der Waals surface area contributed by atoms with Gasteiger partial charge in [0.2, 0.25) is 0 Å². The van der Waals surface area contributed by atoms with Gasteiger partial charge in [0.25, 0.3) is 5.56 Å². The van der Waals surface area contributed by atoms with Gasteiger partial charge in [-0.1, -0.05) is 51.3 Å². The lowest BCUT2D eigenvalue weighted by Crippen LogP contribution is -2.17. The molecule has 0 bridgehead atoms. The summed E-state index contributed by atoms with van der Waals surface area (Å²) in [4.78, 5) is 14.9. The van der Waals surface area contributed by atoms with E-state index in [-0.39, 0.29) is 5.56 Å². The van der Waals surface area contributed by atoms with E-state index >= 15 is 0 Å². The van der Waals surface area contributed by atoms with Crippen LogP contribution in [0, 0.1) is 5.92 Å². The van der Waals surface area contributed by atoms with Crippen LogP contribution in [0.3, 0.4) is 0 Å². The molecule has 1 aromatic carbocycles. The summed E-state index contributed by atoms with van der Waals surface area (Å²) in [6.45, 7) is 5.37. The summed E-state index contributed by atoms with van der Waals surface area (Å²) in [5.41, 5.74) is -0.0211. The predicted octanol–water partition coefficient (Wildman–Crippen LogP) is 4.16. The molecule has 0 radical (unpaired) electrons. The second kappa shape index (κ2) is 7.13. The number of pyridine rings is 1. The van der Waals surface area contributed by atoms with Crippen molar-refractivity contribution in [3.05, 3.63) is 40.7 Å². The van der Waals surface area contributed by atoms with E-state index in [9.17, 15) is 4.79 Å². The van der Waals surface area contributed by atoms with Crippen molar-refractivity contribution >= 4 is 16.6 Å². The van der Waals surface area contributed by atoms with E-state index in [1.54, 1.807) is 0 Å². The minimum absolute atomic E-state index is 0.0211. The number of H-pyrrole nitrogens is 1. The molecule has 2 aromatic rings. The number of nitrogens with one attached hydrogen (secondary N) is 2. The van der Waals surface area contributed by atoms with Crippen molar-refractivity contribution in [3.8, 4) is 0 Å². The van der Waals surface area contributed by atoms with Crippen LogP contribution in [0.15, 0.2) is 35.1 Å². The fourth-order valence-electron chi connectivity index (χ4n) is 2.50. The second-order valence-corrected chi connectivity index (χ2v) is 5.40. The Morgan fingerprint density at radius 1 is 1.25 bits per heavy atom. The number of unbranched alkanes of at least 4 members (excludes halogenated alkanes) is 1. The summed E-state index contributed by atoms with van der Waals surface area (Å²) in [6.07, 6.45) is 4.93. The molecular weight excluding hydrogens is 248 g/mol. The monoisotopic (exact) mass is 272 g/mol. The topological polar surface area (TPSA) is 44.9 Å². The molecule has 0 spiro atoms. The Hall–Kier alpha value is -1.77. The number of hydrogen-bond donors (Lipinski definition) is 2. The Labute approximate surface area is 120 Å². The largest absolute Gasteiger partial charge is 0.371 e. The summed E-state index contributed by atoms with van der Waals surface area (Å²) in [7, 11) is 0. The van der Waals surface area contributed by atoms with Gasteiger partial charge in [-0.05, 0) is 29.9 Å². The van der Waals surface area contributed by atoms with E-state index in [0.29, 0.717) is 5.92 Å². The Bertz CT molecular complexity index is 603. The molecule has 1 aromatic heterocycles. The molecule has 0 aliphatic heterocycles. The van der Waals surface area contributed by atoms with Crippen LogP contribution in [-0.2, 0) is 0 Å². The highest BCUT2D eigenvalue weighted by Gasteiger charge is 2.06. The zero-order chi connectivity index (χ0) is 14.4. The molecule has 1 atom stereocenters. The molecule has 0 amide bonds. The molecule has 2 rings (SSSR count). The number of fused-ring (bicyclic) bond motifs is 1. The maximum atomic E-state index is 12.0. The lowest BCUT2D eigenvalue weighted by atomic mass is 9.99. The fraction of sp³-hybridized carbons (Fsp3) is 0.471. The first-order chi connectivity index (χ1) is 9.74. The Morgan fingerprint density at radius 2 is 2.05 bits per heavy atom. The Morgan fingerprint density at radius 3 is 2.80 bits per heavy atom. The molecule has 0 saturated heterocycles. The molecule has 0 saturated carbocycles. The zero-order valence-corrected chi connectivity index (χ0v) is 12.4. The number of benzene rings is 1. The third-order valence-electron chi connectivity index (χ3n) is 3.88. The predicted molar refractivity (Wildman–Crippen MR) is 86.4 cm³/mol. The van der Waals surface area contributed by atoms with Gasteiger partial charge in [-0.15, -0.1) is 0 Å². The minimum atomic E-state index is -0.0211. The highest BCUT2D eigenvalue weighted by atomic mass is 16.1. The van der Waals surface area contributed by atoms with Crippen molar-refractivity contribution < 1.29 is 0 Å². The first kappa shape index (κ1) is 14.6. The average Bonchev–Trinajstić information content (AvgIpc) is 2.47. The lowest BCUT2D eigenvalue weighted by molar-refractivity contribution is 0.472. The van der Waals surface area contributed by atoms with Crippen LogP contribution in [0.2, 0.25) is 0 Å². The molecule has 2 N–H and O–H groups in total. The lowest BCUT2D eigenvalue weighted by Gasteiger charge is -2.16. The van der Waals surface area contributed by atoms with Crippen molar-refractivity contribution in [2.45, 2.75) is 39.5 Å². The Balaban J connectivity index is 2.08. The number of hydrogen-bond acceptors (Lipinski definition) is 2. The first-order valence-electron chi connectivity index (χ1n) is 7.60. The van der Waals surface area contributed by atoms with Gasteiger partial charge in [-0.25, -0.2) is 0 Å². The quantitative estimate of drug-likeness (QED) is 0.795. The number of anilines is 1. The van der Waals surface area contributed by atoms with Gasteiger partial charge in [0.05, 0.1) is 0 Å². The summed E-state index contributed by atoms with van der Waals surface area (Å²) in [5, 5.41) is 5.11. The minimum Gasteiger partial charge on any atom is -0.371 e. The fourth-order valence-corrected chi connectivity index (χ4v) is 2.50. The first-order valence-corrected chi connectivity index (χ1v) is 7.60. The van der Waals surface area contributed by atoms with E-state index in [1.807, 2.05) is 30.3 Å². The maximum Gasteiger partial charge on any atom is 0.257 e. The van der Waals surface area contributed by atoms with Crippen LogP contribution < -0.4 is 10.9 Å². The van der Waals surface area contributed by atoms with Crippen molar-refractivity contribution in [1.82, 2.24) is 4.98 Å². The van der Waals surface area contributed by atoms with Gasteiger partial charge in [0.1, 0.15) is 5.82 Å². The van der Waals surface area contributed by atoms with E-state index in [0.717, 1.165) is 23.1 Å². The third kappa shape index (κ3) is 3.62. The zero-order valence-electron chi connectivity index (χ0n) is 12.4. The smallest absolute Gasteiger partial charge is 0.257 e. The molecule has 0 fully saturated rings. The summed E-state index contributed by atoms with van der Waals surface area (Å²) in [6, 6.07) is 9.70. The molecule has 108 valence electrons. The van der Waals surface area contributed by atoms with Gasteiger partial charge < -0.3 is 10.3 Å². The van der Waals surface area contributed by atoms with Crippen LogP contribution >= 0.6 is 0 Å². The van der Waals surface area contributed by atoms with E-state index in [4.69, 9.17) is 0 Å². The van der Waals surface area contributed by atoms with Crippen LogP contribution in [-0.4, -0.2) is 11.5 Å². The molecule has 20 heavy (non-hydrogen) atoms. The normalized spacial score (nSPS) is 12.5. The van der Waals surface area contributed by atoms with Crippen molar-refractivity contribution in [1.29, 1.82) is 0 Å². The van der Waals surface area contributed by atoms with Crippen LogP contribution in [0.25, 0.3) is 10.8 Å². The number of aromatic amines is 1. The van der Waals surface area contributed by atoms with E-state index in [1.165, 1.54) is 25.7 Å². The molecule has 3 nitrogen and oxygen atoms in total. The maximum absolute atomic E-state index is 12.0. The highest BCUT2D eigenvalue weighted by molar-refractivity contribution is 5.83. The number of rotatable bonds is 7. The summed E-state index contributed by atoms with van der Waals surface area (Å²) in [5.74, 6) is 1.49. The van der Waals surface area contributed by atoms with Gasteiger partial charge in [0.15, 0.2) is 0 Å². The van der Waals surface area contributed by atoms with Crippen LogP contribution in [0.1, 0.15) is 39.5 Å². The van der Waals surface area contributed by atoms with Crippen LogP contribution in [0.4, 0.5) is 5.82 Å².